The number of rotatable bonds is 9. The summed E-state index contributed by atoms with van der Waals surface area (Å²) in [6.45, 7) is 3.62. The van der Waals surface area contributed by atoms with Gasteiger partial charge in [0.15, 0.2) is 0 Å². The van der Waals surface area contributed by atoms with Crippen LogP contribution in [0.25, 0.3) is 0 Å². The second kappa shape index (κ2) is 11.6. The number of anilines is 1. The minimum atomic E-state index is -0.471. The third kappa shape index (κ3) is 7.35. The molecule has 0 saturated heterocycles. The zero-order valence-electron chi connectivity index (χ0n) is 17.0. The monoisotopic (exact) mass is 449 g/mol. The molecule has 0 aliphatic heterocycles. The van der Waals surface area contributed by atoms with Crippen molar-refractivity contribution >= 4 is 46.6 Å². The molecule has 0 radical (unpaired) electrons. The number of amides is 3. The summed E-state index contributed by atoms with van der Waals surface area (Å²) in [7, 11) is 0. The van der Waals surface area contributed by atoms with Crippen LogP contribution in [0.5, 0.6) is 0 Å². The second-order valence-corrected chi connectivity index (χ2v) is 7.70. The van der Waals surface area contributed by atoms with Gasteiger partial charge in [-0.15, -0.1) is 0 Å². The third-order valence-electron chi connectivity index (χ3n) is 4.34. The molecule has 0 saturated carbocycles. The first kappa shape index (κ1) is 23.7. The van der Waals surface area contributed by atoms with Crippen molar-refractivity contribution in [3.63, 3.8) is 0 Å². The van der Waals surface area contributed by atoms with E-state index in [1.807, 2.05) is 37.3 Å². The Morgan fingerprint density at radius 3 is 2.40 bits per heavy atom. The quantitative estimate of drug-likeness (QED) is 0.593. The van der Waals surface area contributed by atoms with Crippen molar-refractivity contribution in [1.29, 1.82) is 0 Å². The first-order valence-electron chi connectivity index (χ1n) is 9.64. The van der Waals surface area contributed by atoms with E-state index < -0.39 is 6.04 Å². The highest BCUT2D eigenvalue weighted by Crippen LogP contribution is 2.25. The average Bonchev–Trinajstić information content (AvgIpc) is 2.70. The van der Waals surface area contributed by atoms with Crippen molar-refractivity contribution in [3.05, 3.63) is 64.1 Å². The summed E-state index contributed by atoms with van der Waals surface area (Å²) in [5.41, 5.74) is 1.21. The Balaban J connectivity index is 2.09. The lowest BCUT2D eigenvalue weighted by molar-refractivity contribution is -0.135. The van der Waals surface area contributed by atoms with Crippen molar-refractivity contribution < 1.29 is 14.4 Å². The fraction of sp³-hybridized carbons (Fsp3) is 0.318. The molecule has 0 spiro atoms. The van der Waals surface area contributed by atoms with Crippen LogP contribution < -0.4 is 10.6 Å². The van der Waals surface area contributed by atoms with Gasteiger partial charge in [0, 0.05) is 18.5 Å². The average molecular weight is 450 g/mol. The molecule has 8 heteroatoms. The van der Waals surface area contributed by atoms with Crippen LogP contribution in [0.4, 0.5) is 5.69 Å². The molecule has 0 aromatic heterocycles. The normalized spacial score (nSPS) is 11.5. The fourth-order valence-electron chi connectivity index (χ4n) is 3.00. The number of nitrogens with zero attached hydrogens (tertiary/aromatic N) is 1. The maximum atomic E-state index is 13.0. The molecule has 1 atom stereocenters. The lowest BCUT2D eigenvalue weighted by Crippen LogP contribution is -2.40. The summed E-state index contributed by atoms with van der Waals surface area (Å²) in [6, 6.07) is 13.6. The van der Waals surface area contributed by atoms with Crippen LogP contribution in [0.15, 0.2) is 48.5 Å². The fourth-order valence-corrected chi connectivity index (χ4v) is 3.34. The molecule has 2 aromatic rings. The highest BCUT2D eigenvalue weighted by molar-refractivity contribution is 6.35. The third-order valence-corrected chi connectivity index (χ3v) is 4.91. The molecule has 2 aromatic carbocycles. The van der Waals surface area contributed by atoms with E-state index in [0.717, 1.165) is 5.56 Å². The van der Waals surface area contributed by atoms with Gasteiger partial charge >= 0.3 is 0 Å². The Labute approximate surface area is 186 Å². The Morgan fingerprint density at radius 1 is 1.07 bits per heavy atom. The number of carbonyl (C=O) groups is 3. The van der Waals surface area contributed by atoms with E-state index in [1.165, 1.54) is 11.8 Å². The Morgan fingerprint density at radius 2 is 1.77 bits per heavy atom. The van der Waals surface area contributed by atoms with Crippen LogP contribution in [-0.2, 0) is 14.4 Å². The van der Waals surface area contributed by atoms with Crippen molar-refractivity contribution in [2.45, 2.75) is 32.7 Å². The number of hydrogen-bond acceptors (Lipinski definition) is 3. The standard InChI is InChI=1S/C22H25Cl2N3O3/c1-3-11-27(14-21(29)26-20-12-17(23)9-10-18(20)24)22(30)13-19(25-15(2)28)16-7-5-4-6-8-16/h4-10,12,19H,3,11,13-14H2,1-2H3,(H,25,28)(H,26,29). The summed E-state index contributed by atoms with van der Waals surface area (Å²) in [4.78, 5) is 38.6. The first-order valence-corrected chi connectivity index (χ1v) is 10.4. The topological polar surface area (TPSA) is 78.5 Å². The summed E-state index contributed by atoms with van der Waals surface area (Å²) in [5.74, 6) is -0.837. The predicted molar refractivity (Wildman–Crippen MR) is 120 cm³/mol. The lowest BCUT2D eigenvalue weighted by atomic mass is 10.0. The molecule has 2 N–H and O–H groups in total. The maximum Gasteiger partial charge on any atom is 0.244 e. The SMILES string of the molecule is CCCN(CC(=O)Nc1cc(Cl)ccc1Cl)C(=O)CC(NC(C)=O)c1ccccc1. The summed E-state index contributed by atoms with van der Waals surface area (Å²) in [5, 5.41) is 6.30. The molecule has 3 amide bonds. The lowest BCUT2D eigenvalue weighted by Gasteiger charge is -2.25. The van der Waals surface area contributed by atoms with E-state index in [1.54, 1.807) is 18.2 Å². The molecule has 0 aliphatic carbocycles. The Bertz CT molecular complexity index is 890. The van der Waals surface area contributed by atoms with Crippen LogP contribution in [0.1, 0.15) is 38.3 Å². The van der Waals surface area contributed by atoms with Crippen molar-refractivity contribution in [3.8, 4) is 0 Å². The molecule has 6 nitrogen and oxygen atoms in total. The van der Waals surface area contributed by atoms with E-state index in [2.05, 4.69) is 10.6 Å². The predicted octanol–water partition coefficient (Wildman–Crippen LogP) is 4.44. The van der Waals surface area contributed by atoms with Crippen LogP contribution in [-0.4, -0.2) is 35.7 Å². The van der Waals surface area contributed by atoms with Gasteiger partial charge in [-0.2, -0.15) is 0 Å². The van der Waals surface area contributed by atoms with E-state index in [4.69, 9.17) is 23.2 Å². The second-order valence-electron chi connectivity index (χ2n) is 6.86. The number of halogens is 2. The highest BCUT2D eigenvalue weighted by Gasteiger charge is 2.23. The molecular weight excluding hydrogens is 425 g/mol. The summed E-state index contributed by atoms with van der Waals surface area (Å²) < 4.78 is 0. The molecule has 30 heavy (non-hydrogen) atoms. The molecule has 0 bridgehead atoms. The first-order chi connectivity index (χ1) is 14.3. The largest absolute Gasteiger partial charge is 0.349 e. The number of carbonyl (C=O) groups excluding carboxylic acids is 3. The Kier molecular flexibility index (Phi) is 9.15. The molecule has 160 valence electrons. The van der Waals surface area contributed by atoms with Gasteiger partial charge in [-0.05, 0) is 30.2 Å². The van der Waals surface area contributed by atoms with E-state index >= 15 is 0 Å². The summed E-state index contributed by atoms with van der Waals surface area (Å²) >= 11 is 12.0. The molecule has 2 rings (SSSR count). The van der Waals surface area contributed by atoms with Gasteiger partial charge in [0.2, 0.25) is 17.7 Å². The molecule has 1 unspecified atom stereocenters. The van der Waals surface area contributed by atoms with E-state index in [-0.39, 0.29) is 30.7 Å². The molecule has 0 fully saturated rings. The van der Waals surface area contributed by atoms with Crippen molar-refractivity contribution in [2.75, 3.05) is 18.4 Å². The molecule has 0 aliphatic rings. The molecular formula is C22H25Cl2N3O3. The van der Waals surface area contributed by atoms with Crippen LogP contribution in [0.3, 0.4) is 0 Å². The molecule has 0 heterocycles. The van der Waals surface area contributed by atoms with Gasteiger partial charge in [0.05, 0.1) is 29.7 Å². The smallest absolute Gasteiger partial charge is 0.244 e. The van der Waals surface area contributed by atoms with Crippen molar-refractivity contribution in [2.24, 2.45) is 0 Å². The van der Waals surface area contributed by atoms with Gasteiger partial charge in [-0.3, -0.25) is 14.4 Å². The maximum absolute atomic E-state index is 13.0. The van der Waals surface area contributed by atoms with E-state index in [0.29, 0.717) is 28.7 Å². The number of hydrogen-bond donors (Lipinski definition) is 2. The number of nitrogens with one attached hydrogen (secondary N) is 2. The van der Waals surface area contributed by atoms with Gasteiger partial charge in [-0.1, -0.05) is 60.5 Å². The van der Waals surface area contributed by atoms with Gasteiger partial charge in [0.25, 0.3) is 0 Å². The number of benzene rings is 2. The van der Waals surface area contributed by atoms with Crippen LogP contribution in [0, 0.1) is 0 Å². The minimum Gasteiger partial charge on any atom is -0.349 e. The van der Waals surface area contributed by atoms with Crippen LogP contribution >= 0.6 is 23.2 Å². The zero-order chi connectivity index (χ0) is 22.1. The minimum absolute atomic E-state index is 0.0504. The Hall–Kier alpha value is -2.57. The summed E-state index contributed by atoms with van der Waals surface area (Å²) in [6.07, 6.45) is 0.738. The van der Waals surface area contributed by atoms with Gasteiger partial charge in [-0.25, -0.2) is 0 Å². The van der Waals surface area contributed by atoms with Crippen LogP contribution in [0.2, 0.25) is 10.0 Å². The zero-order valence-corrected chi connectivity index (χ0v) is 18.5. The van der Waals surface area contributed by atoms with Crippen molar-refractivity contribution in [1.82, 2.24) is 10.2 Å². The van der Waals surface area contributed by atoms with Gasteiger partial charge < -0.3 is 15.5 Å². The van der Waals surface area contributed by atoms with Gasteiger partial charge in [0.1, 0.15) is 0 Å². The van der Waals surface area contributed by atoms with E-state index in [9.17, 15) is 14.4 Å². The highest BCUT2D eigenvalue weighted by atomic mass is 35.5.